The van der Waals surface area contributed by atoms with E-state index < -0.39 is 6.04 Å². The number of rotatable bonds is 7. The van der Waals surface area contributed by atoms with Gasteiger partial charge in [-0.15, -0.1) is 0 Å². The molecule has 0 saturated carbocycles. The van der Waals surface area contributed by atoms with E-state index in [-0.39, 0.29) is 11.8 Å². The maximum absolute atomic E-state index is 13.7. The topological polar surface area (TPSA) is 80.5 Å². The van der Waals surface area contributed by atoms with Gasteiger partial charge in [-0.2, -0.15) is 4.98 Å². The third-order valence-electron chi connectivity index (χ3n) is 6.31. The maximum Gasteiger partial charge on any atom is 0.322 e. The Kier molecular flexibility index (Phi) is 6.72. The second-order valence-electron chi connectivity index (χ2n) is 8.89. The van der Waals surface area contributed by atoms with Gasteiger partial charge in [-0.25, -0.2) is 9.18 Å². The summed E-state index contributed by atoms with van der Waals surface area (Å²) in [6, 6.07) is 20.6. The molecule has 0 aliphatic carbocycles. The van der Waals surface area contributed by atoms with E-state index in [1.807, 2.05) is 69.3 Å². The monoisotopic (exact) mass is 498 g/mol. The van der Waals surface area contributed by atoms with Gasteiger partial charge in [-0.3, -0.25) is 4.90 Å². The predicted octanol–water partition coefficient (Wildman–Crippen LogP) is 6.28. The molecule has 0 saturated heterocycles. The van der Waals surface area contributed by atoms with Crippen molar-refractivity contribution >= 4 is 11.6 Å². The lowest BCUT2D eigenvalue weighted by Gasteiger charge is -2.35. The van der Waals surface area contributed by atoms with E-state index in [1.165, 1.54) is 12.1 Å². The molecule has 0 radical (unpaired) electrons. The van der Waals surface area contributed by atoms with E-state index in [2.05, 4.69) is 15.5 Å². The van der Waals surface area contributed by atoms with Gasteiger partial charge in [0.15, 0.2) is 0 Å². The van der Waals surface area contributed by atoms with Crippen LogP contribution in [-0.2, 0) is 6.54 Å². The quantitative estimate of drug-likeness (QED) is 0.324. The molecule has 0 fully saturated rings. The van der Waals surface area contributed by atoms with Crippen LogP contribution in [-0.4, -0.2) is 27.7 Å². The zero-order chi connectivity index (χ0) is 25.9. The van der Waals surface area contributed by atoms with Crippen molar-refractivity contribution in [1.82, 2.24) is 20.4 Å². The molecule has 1 atom stereocenters. The Morgan fingerprint density at radius 3 is 2.51 bits per heavy atom. The van der Waals surface area contributed by atoms with E-state index in [0.717, 1.165) is 22.4 Å². The fourth-order valence-corrected chi connectivity index (χ4v) is 4.43. The average Bonchev–Trinajstić information content (AvgIpc) is 3.38. The Morgan fingerprint density at radius 2 is 1.81 bits per heavy atom. The Balaban J connectivity index is 1.55. The zero-order valence-corrected chi connectivity index (χ0v) is 20.9. The molecule has 4 aromatic rings. The van der Waals surface area contributed by atoms with Crippen LogP contribution in [0, 0.1) is 12.7 Å². The number of carbonyl (C=O) groups excluding carboxylic acids is 1. The number of nitrogens with one attached hydrogen (secondary N) is 1. The molecule has 2 heterocycles. The molecule has 1 unspecified atom stereocenters. The van der Waals surface area contributed by atoms with Gasteiger partial charge in [0.2, 0.25) is 5.82 Å². The molecule has 1 aliphatic heterocycles. The lowest BCUT2D eigenvalue weighted by molar-refractivity contribution is 0.203. The minimum absolute atomic E-state index is 0.275. The van der Waals surface area contributed by atoms with Crippen LogP contribution in [0.1, 0.15) is 42.5 Å². The number of halogens is 1. The first-order chi connectivity index (χ1) is 17.9. The number of nitrogens with zero attached hydrogens (tertiary/aromatic N) is 3. The Hall–Kier alpha value is -4.46. The molecule has 0 bridgehead atoms. The second-order valence-corrected chi connectivity index (χ2v) is 8.89. The molecule has 5 rings (SSSR count). The summed E-state index contributed by atoms with van der Waals surface area (Å²) in [5.41, 5.74) is 4.88. The highest BCUT2D eigenvalue weighted by molar-refractivity contribution is 5.86. The van der Waals surface area contributed by atoms with Crippen molar-refractivity contribution in [3.63, 3.8) is 0 Å². The molecule has 2 amide bonds. The molecule has 1 N–H and O–H groups in total. The summed E-state index contributed by atoms with van der Waals surface area (Å²) in [4.78, 5) is 19.6. The van der Waals surface area contributed by atoms with E-state index in [9.17, 15) is 9.18 Å². The Labute approximate surface area is 214 Å². The maximum atomic E-state index is 13.7. The van der Waals surface area contributed by atoms with E-state index in [0.29, 0.717) is 41.7 Å². The summed E-state index contributed by atoms with van der Waals surface area (Å²) in [5, 5.41) is 7.25. The molecular formula is C29H27FN4O3. The van der Waals surface area contributed by atoms with Crippen LogP contribution in [0.25, 0.3) is 17.0 Å². The van der Waals surface area contributed by atoms with Crippen LogP contribution in [0.3, 0.4) is 0 Å². The van der Waals surface area contributed by atoms with Gasteiger partial charge in [-0.05, 0) is 62.2 Å². The van der Waals surface area contributed by atoms with Crippen molar-refractivity contribution in [3.05, 3.63) is 107 Å². The van der Waals surface area contributed by atoms with Crippen LogP contribution in [0.15, 0.2) is 83.0 Å². The zero-order valence-electron chi connectivity index (χ0n) is 20.9. The number of hydrogen-bond acceptors (Lipinski definition) is 5. The molecule has 1 aromatic heterocycles. The van der Waals surface area contributed by atoms with Crippen LogP contribution >= 0.6 is 0 Å². The van der Waals surface area contributed by atoms with Crippen molar-refractivity contribution in [3.8, 4) is 17.1 Å². The van der Waals surface area contributed by atoms with Crippen molar-refractivity contribution in [2.75, 3.05) is 6.61 Å². The number of aromatic nitrogens is 2. The van der Waals surface area contributed by atoms with Crippen molar-refractivity contribution < 1.29 is 18.4 Å². The SMILES string of the molecule is CCOc1ccc(CN2C(=O)NC(c3ccc(F)cc3)C(c3nc(-c4cccc(C)c4)no3)=C2C)cc1. The van der Waals surface area contributed by atoms with Crippen LogP contribution in [0.5, 0.6) is 5.75 Å². The number of ether oxygens (including phenoxy) is 1. The highest BCUT2D eigenvalue weighted by Gasteiger charge is 2.35. The third-order valence-corrected chi connectivity index (χ3v) is 6.31. The summed E-state index contributed by atoms with van der Waals surface area (Å²) in [6.07, 6.45) is 0. The van der Waals surface area contributed by atoms with Crippen LogP contribution in [0.2, 0.25) is 0 Å². The molecule has 188 valence electrons. The lowest BCUT2D eigenvalue weighted by Crippen LogP contribution is -2.45. The first kappa shape index (κ1) is 24.2. The smallest absolute Gasteiger partial charge is 0.322 e. The molecule has 1 aliphatic rings. The lowest BCUT2D eigenvalue weighted by atomic mass is 9.94. The van der Waals surface area contributed by atoms with Crippen LogP contribution < -0.4 is 10.1 Å². The minimum Gasteiger partial charge on any atom is -0.494 e. The molecule has 37 heavy (non-hydrogen) atoms. The number of urea groups is 1. The van der Waals surface area contributed by atoms with Gasteiger partial charge in [0.1, 0.15) is 11.6 Å². The number of carbonyl (C=O) groups is 1. The van der Waals surface area contributed by atoms with E-state index in [4.69, 9.17) is 9.26 Å². The second kappa shape index (κ2) is 10.3. The highest BCUT2D eigenvalue weighted by Crippen LogP contribution is 2.38. The van der Waals surface area contributed by atoms with Crippen LogP contribution in [0.4, 0.5) is 9.18 Å². The fourth-order valence-electron chi connectivity index (χ4n) is 4.43. The largest absolute Gasteiger partial charge is 0.494 e. The van der Waals surface area contributed by atoms with Gasteiger partial charge in [0.25, 0.3) is 5.89 Å². The van der Waals surface area contributed by atoms with Gasteiger partial charge < -0.3 is 14.6 Å². The highest BCUT2D eigenvalue weighted by atomic mass is 19.1. The summed E-state index contributed by atoms with van der Waals surface area (Å²) in [6.45, 7) is 6.70. The van der Waals surface area contributed by atoms with Gasteiger partial charge in [0.05, 0.1) is 24.8 Å². The average molecular weight is 499 g/mol. The fraction of sp³-hybridized carbons (Fsp3) is 0.207. The first-order valence-corrected chi connectivity index (χ1v) is 12.1. The predicted molar refractivity (Wildman–Crippen MR) is 138 cm³/mol. The molecule has 8 heteroatoms. The minimum atomic E-state index is -0.588. The summed E-state index contributed by atoms with van der Waals surface area (Å²) in [7, 11) is 0. The molecule has 3 aromatic carbocycles. The normalized spacial score (nSPS) is 15.6. The standard InChI is InChI=1S/C29H27FN4O3/c1-4-36-24-14-8-20(9-15-24)17-34-19(3)25(26(31-29(34)35)21-10-12-23(30)13-11-21)28-32-27(33-37-28)22-7-5-6-18(2)16-22/h5-16,26H,4,17H2,1-3H3,(H,31,35). The number of allylic oxidation sites excluding steroid dienone is 1. The number of aryl methyl sites for hydroxylation is 1. The van der Waals surface area contributed by atoms with Gasteiger partial charge in [-0.1, -0.05) is 53.2 Å². The summed E-state index contributed by atoms with van der Waals surface area (Å²) in [5.74, 6) is 1.16. The summed E-state index contributed by atoms with van der Waals surface area (Å²) >= 11 is 0. The van der Waals surface area contributed by atoms with Gasteiger partial charge >= 0.3 is 6.03 Å². The summed E-state index contributed by atoms with van der Waals surface area (Å²) < 4.78 is 24.9. The Morgan fingerprint density at radius 1 is 1.05 bits per heavy atom. The van der Waals surface area contributed by atoms with E-state index >= 15 is 0 Å². The van der Waals surface area contributed by atoms with Crippen molar-refractivity contribution in [2.45, 2.75) is 33.4 Å². The number of hydrogen-bond donors (Lipinski definition) is 1. The van der Waals surface area contributed by atoms with Crippen molar-refractivity contribution in [2.24, 2.45) is 0 Å². The molecule has 0 spiro atoms. The first-order valence-electron chi connectivity index (χ1n) is 12.1. The van der Waals surface area contributed by atoms with Crippen molar-refractivity contribution in [1.29, 1.82) is 0 Å². The van der Waals surface area contributed by atoms with E-state index in [1.54, 1.807) is 17.0 Å². The molecule has 7 nitrogen and oxygen atoms in total. The number of amides is 2. The molecular weight excluding hydrogens is 471 g/mol. The number of benzene rings is 3. The third kappa shape index (κ3) is 5.09. The van der Waals surface area contributed by atoms with Gasteiger partial charge in [0, 0.05) is 11.3 Å². The Bertz CT molecular complexity index is 1440.